The molecule has 1 saturated heterocycles. The minimum absolute atomic E-state index is 0.155. The Morgan fingerprint density at radius 1 is 1.09 bits per heavy atom. The molecule has 0 saturated carbocycles. The monoisotopic (exact) mass is 501 g/mol. The molecule has 34 heavy (non-hydrogen) atoms. The number of rotatable bonds is 5. The SMILES string of the molecule is CS(=O)(=O)c1ccc(Nc2ncnc3c2OCCN3C2CCN(c3ncccn3)CC2)c(Cl)c1. The summed E-state index contributed by atoms with van der Waals surface area (Å²) >= 11 is 6.35. The van der Waals surface area contributed by atoms with Crippen molar-refractivity contribution in [1.29, 1.82) is 0 Å². The Kier molecular flexibility index (Phi) is 6.13. The van der Waals surface area contributed by atoms with Gasteiger partial charge >= 0.3 is 0 Å². The molecule has 0 amide bonds. The lowest BCUT2D eigenvalue weighted by atomic mass is 10.0. The van der Waals surface area contributed by atoms with Crippen molar-refractivity contribution in [2.24, 2.45) is 0 Å². The Bertz CT molecular complexity index is 1280. The standard InChI is InChI=1S/C22H24ClN7O3S/c1-34(31,32)16-3-4-18(17(23)13-16)28-20-19-21(27-14-26-20)30(11-12-33-19)15-5-9-29(10-6-15)22-24-7-2-8-25-22/h2-4,7-8,13-15H,5-6,9-12H2,1H3,(H,26,27,28). The van der Waals surface area contributed by atoms with Crippen molar-refractivity contribution >= 4 is 44.7 Å². The van der Waals surface area contributed by atoms with Crippen molar-refractivity contribution in [2.75, 3.05) is 47.6 Å². The molecule has 178 valence electrons. The summed E-state index contributed by atoms with van der Waals surface area (Å²) in [6.45, 7) is 2.97. The topological polar surface area (TPSA) is 113 Å². The second kappa shape index (κ2) is 9.22. The highest BCUT2D eigenvalue weighted by Gasteiger charge is 2.32. The van der Waals surface area contributed by atoms with Crippen LogP contribution < -0.4 is 19.9 Å². The molecule has 3 aromatic rings. The van der Waals surface area contributed by atoms with Gasteiger partial charge in [0.1, 0.15) is 12.9 Å². The molecule has 5 rings (SSSR count). The van der Waals surface area contributed by atoms with E-state index in [0.717, 1.165) is 50.5 Å². The van der Waals surface area contributed by atoms with Crippen LogP contribution in [0.2, 0.25) is 5.02 Å². The molecule has 12 heteroatoms. The molecular weight excluding hydrogens is 478 g/mol. The van der Waals surface area contributed by atoms with E-state index in [2.05, 4.69) is 35.1 Å². The maximum atomic E-state index is 11.8. The maximum Gasteiger partial charge on any atom is 0.225 e. The van der Waals surface area contributed by atoms with Crippen LogP contribution in [0.1, 0.15) is 12.8 Å². The lowest BCUT2D eigenvalue weighted by molar-refractivity contribution is 0.290. The second-order valence-corrected chi connectivity index (χ2v) is 10.6. The highest BCUT2D eigenvalue weighted by molar-refractivity contribution is 7.90. The van der Waals surface area contributed by atoms with E-state index in [1.807, 2.05) is 6.07 Å². The van der Waals surface area contributed by atoms with E-state index in [1.54, 1.807) is 18.5 Å². The molecule has 1 fully saturated rings. The van der Waals surface area contributed by atoms with E-state index in [1.165, 1.54) is 18.5 Å². The fourth-order valence-corrected chi connectivity index (χ4v) is 5.23. The summed E-state index contributed by atoms with van der Waals surface area (Å²) in [7, 11) is -3.35. The van der Waals surface area contributed by atoms with Crippen molar-refractivity contribution in [2.45, 2.75) is 23.8 Å². The van der Waals surface area contributed by atoms with Crippen LogP contribution in [0.15, 0.2) is 47.9 Å². The van der Waals surface area contributed by atoms with Gasteiger partial charge in [0.05, 0.1) is 22.2 Å². The number of hydrogen-bond donors (Lipinski definition) is 1. The van der Waals surface area contributed by atoms with Gasteiger partial charge in [0.2, 0.25) is 11.7 Å². The number of ether oxygens (including phenoxy) is 1. The molecule has 2 aliphatic rings. The Hall–Kier alpha value is -3.18. The number of halogens is 1. The molecule has 2 aliphatic heterocycles. The van der Waals surface area contributed by atoms with E-state index in [-0.39, 0.29) is 9.92 Å². The molecule has 0 unspecified atom stereocenters. The summed E-state index contributed by atoms with van der Waals surface area (Å²) in [4.78, 5) is 22.2. The number of benzene rings is 1. The summed E-state index contributed by atoms with van der Waals surface area (Å²) in [6, 6.07) is 6.68. The summed E-state index contributed by atoms with van der Waals surface area (Å²) in [5.74, 6) is 2.54. The summed E-state index contributed by atoms with van der Waals surface area (Å²) in [5.41, 5.74) is 0.534. The van der Waals surface area contributed by atoms with E-state index in [9.17, 15) is 8.42 Å². The highest BCUT2D eigenvalue weighted by atomic mass is 35.5. The number of sulfone groups is 1. The van der Waals surface area contributed by atoms with Crippen molar-refractivity contribution in [1.82, 2.24) is 19.9 Å². The predicted molar refractivity (Wildman–Crippen MR) is 130 cm³/mol. The Labute approximate surface area is 202 Å². The average Bonchev–Trinajstić information content (AvgIpc) is 2.85. The molecule has 4 heterocycles. The molecule has 1 aromatic carbocycles. The zero-order valence-corrected chi connectivity index (χ0v) is 20.1. The van der Waals surface area contributed by atoms with Crippen molar-refractivity contribution < 1.29 is 13.2 Å². The Balaban J connectivity index is 1.34. The maximum absolute atomic E-state index is 11.8. The van der Waals surface area contributed by atoms with Crippen molar-refractivity contribution in [3.8, 4) is 5.75 Å². The molecule has 0 radical (unpaired) electrons. The Morgan fingerprint density at radius 2 is 1.85 bits per heavy atom. The summed E-state index contributed by atoms with van der Waals surface area (Å²) in [6.07, 6.45) is 8.06. The quantitative estimate of drug-likeness (QED) is 0.559. The first-order valence-electron chi connectivity index (χ1n) is 10.9. The largest absolute Gasteiger partial charge is 0.485 e. The average molecular weight is 502 g/mol. The zero-order chi connectivity index (χ0) is 23.7. The third-order valence-corrected chi connectivity index (χ3v) is 7.42. The summed E-state index contributed by atoms with van der Waals surface area (Å²) in [5, 5.41) is 3.45. The fraction of sp³-hybridized carbons (Fsp3) is 0.364. The Morgan fingerprint density at radius 3 is 2.56 bits per heavy atom. The van der Waals surface area contributed by atoms with Gasteiger partial charge in [-0.3, -0.25) is 0 Å². The minimum atomic E-state index is -3.35. The lowest BCUT2D eigenvalue weighted by Crippen LogP contribution is -2.48. The number of aromatic nitrogens is 4. The van der Waals surface area contributed by atoms with Crippen LogP contribution in [0.5, 0.6) is 5.75 Å². The number of nitrogens with one attached hydrogen (secondary N) is 1. The molecular formula is C22H24ClN7O3S. The number of fused-ring (bicyclic) bond motifs is 1. The summed E-state index contributed by atoms with van der Waals surface area (Å²) < 4.78 is 29.6. The highest BCUT2D eigenvalue weighted by Crippen LogP contribution is 2.39. The van der Waals surface area contributed by atoms with E-state index < -0.39 is 9.84 Å². The molecule has 1 N–H and O–H groups in total. The zero-order valence-electron chi connectivity index (χ0n) is 18.6. The molecule has 0 atom stereocenters. The number of nitrogens with zero attached hydrogens (tertiary/aromatic N) is 6. The van der Waals surface area contributed by atoms with Crippen LogP contribution in [0.4, 0.5) is 23.3 Å². The first-order chi connectivity index (χ1) is 16.4. The molecule has 0 spiro atoms. The molecule has 2 aromatic heterocycles. The van der Waals surface area contributed by atoms with Crippen molar-refractivity contribution in [3.05, 3.63) is 48.0 Å². The molecule has 10 nitrogen and oxygen atoms in total. The number of piperidine rings is 1. The van der Waals surface area contributed by atoms with Crippen LogP contribution in [-0.2, 0) is 9.84 Å². The smallest absolute Gasteiger partial charge is 0.225 e. The number of anilines is 4. The third-order valence-electron chi connectivity index (χ3n) is 6.00. The van der Waals surface area contributed by atoms with Gasteiger partial charge in [0.25, 0.3) is 0 Å². The third kappa shape index (κ3) is 4.58. The van der Waals surface area contributed by atoms with Crippen LogP contribution in [0, 0.1) is 0 Å². The van der Waals surface area contributed by atoms with Gasteiger partial charge in [-0.2, -0.15) is 0 Å². The van der Waals surface area contributed by atoms with E-state index in [4.69, 9.17) is 16.3 Å². The van der Waals surface area contributed by atoms with Gasteiger partial charge in [0.15, 0.2) is 21.5 Å². The minimum Gasteiger partial charge on any atom is -0.485 e. The van der Waals surface area contributed by atoms with Crippen molar-refractivity contribution in [3.63, 3.8) is 0 Å². The van der Waals surface area contributed by atoms with Crippen LogP contribution in [0.25, 0.3) is 0 Å². The first kappa shape index (κ1) is 22.6. The molecule has 0 bridgehead atoms. The first-order valence-corrected chi connectivity index (χ1v) is 13.2. The van der Waals surface area contributed by atoms with Gasteiger partial charge in [0, 0.05) is 37.8 Å². The van der Waals surface area contributed by atoms with Crippen LogP contribution >= 0.6 is 11.6 Å². The van der Waals surface area contributed by atoms with Gasteiger partial charge in [-0.05, 0) is 37.1 Å². The predicted octanol–water partition coefficient (Wildman–Crippen LogP) is 2.93. The lowest BCUT2D eigenvalue weighted by Gasteiger charge is -2.41. The van der Waals surface area contributed by atoms with Gasteiger partial charge < -0.3 is 19.9 Å². The second-order valence-electron chi connectivity index (χ2n) is 8.22. The van der Waals surface area contributed by atoms with E-state index >= 15 is 0 Å². The van der Waals surface area contributed by atoms with Gasteiger partial charge in [-0.15, -0.1) is 0 Å². The van der Waals surface area contributed by atoms with Crippen LogP contribution in [-0.4, -0.2) is 66.9 Å². The fourth-order valence-electron chi connectivity index (χ4n) is 4.29. The normalized spacial score (nSPS) is 16.6. The van der Waals surface area contributed by atoms with Gasteiger partial charge in [-0.1, -0.05) is 11.6 Å². The molecule has 0 aliphatic carbocycles. The van der Waals surface area contributed by atoms with Gasteiger partial charge in [-0.25, -0.2) is 28.4 Å². The van der Waals surface area contributed by atoms with E-state index in [0.29, 0.717) is 29.9 Å². The number of hydrogen-bond acceptors (Lipinski definition) is 10. The van der Waals surface area contributed by atoms with Crippen LogP contribution in [0.3, 0.4) is 0 Å².